The molecule has 6 nitrogen and oxygen atoms in total. The topological polar surface area (TPSA) is 86.7 Å². The predicted octanol–water partition coefficient (Wildman–Crippen LogP) is 3.15. The van der Waals surface area contributed by atoms with E-state index >= 15 is 0 Å². The molecule has 1 fully saturated rings. The van der Waals surface area contributed by atoms with Crippen LogP contribution >= 0.6 is 24.2 Å². The molecule has 0 unspecified atom stereocenters. The van der Waals surface area contributed by atoms with E-state index in [1.54, 1.807) is 24.3 Å². The highest BCUT2D eigenvalue weighted by molar-refractivity contribution is 7.99. The lowest BCUT2D eigenvalue weighted by molar-refractivity contribution is -0.133. The first-order valence-electron chi connectivity index (χ1n) is 9.21. The quantitative estimate of drug-likeness (QED) is 0.372. The van der Waals surface area contributed by atoms with Gasteiger partial charge in [0.2, 0.25) is 0 Å². The Hall–Kier alpha value is -2.09. The van der Waals surface area contributed by atoms with Crippen LogP contribution in [0.5, 0.6) is 0 Å². The van der Waals surface area contributed by atoms with Crippen LogP contribution in [0.15, 0.2) is 63.2 Å². The molecule has 2 N–H and O–H groups in total. The standard InChI is InChI=1S/C21H21FN2O4S2.ClH/c1-2-13-24-14-11-21(12-15-24,20(25)23-26)30(27,28)19-9-7-18(8-10-19)29-17-5-3-16(22)4-6-17;/h1,3-10,26H,11-15H2,(H,23,25);1H. The summed E-state index contributed by atoms with van der Waals surface area (Å²) in [7, 11) is -4.08. The van der Waals surface area contributed by atoms with Gasteiger partial charge in [-0.2, -0.15) is 0 Å². The van der Waals surface area contributed by atoms with Crippen molar-refractivity contribution in [3.8, 4) is 12.3 Å². The molecule has 1 saturated heterocycles. The number of likely N-dealkylation sites (tertiary alicyclic amines) is 1. The van der Waals surface area contributed by atoms with E-state index in [2.05, 4.69) is 5.92 Å². The van der Waals surface area contributed by atoms with Gasteiger partial charge in [0, 0.05) is 22.9 Å². The van der Waals surface area contributed by atoms with Gasteiger partial charge in [-0.15, -0.1) is 18.8 Å². The molecule has 0 radical (unpaired) electrons. The number of piperidine rings is 1. The van der Waals surface area contributed by atoms with Gasteiger partial charge in [0.15, 0.2) is 14.6 Å². The van der Waals surface area contributed by atoms with E-state index < -0.39 is 20.5 Å². The van der Waals surface area contributed by atoms with Gasteiger partial charge in [-0.3, -0.25) is 14.9 Å². The fourth-order valence-corrected chi connectivity index (χ4v) is 6.24. The number of nitrogens with zero attached hydrogens (tertiary/aromatic N) is 1. The molecule has 2 aromatic carbocycles. The van der Waals surface area contributed by atoms with Crippen LogP contribution in [-0.4, -0.2) is 48.8 Å². The fraction of sp³-hybridized carbons (Fsp3) is 0.286. The molecule has 0 aliphatic carbocycles. The summed E-state index contributed by atoms with van der Waals surface area (Å²) < 4.78 is 38.1. The predicted molar refractivity (Wildman–Crippen MR) is 119 cm³/mol. The zero-order chi connectivity index (χ0) is 21.8. The largest absolute Gasteiger partial charge is 0.292 e. The van der Waals surface area contributed by atoms with Crippen molar-refractivity contribution >= 4 is 39.9 Å². The SMILES string of the molecule is C#CCN1CCC(C(=O)NO)(S(=O)(=O)c2ccc(Sc3ccc(F)cc3)cc2)CC1.Cl. The monoisotopic (exact) mass is 484 g/mol. The number of halogens is 2. The third-order valence-corrected chi connectivity index (χ3v) is 8.72. The minimum Gasteiger partial charge on any atom is -0.292 e. The second-order valence-electron chi connectivity index (χ2n) is 6.95. The Labute approximate surface area is 191 Å². The van der Waals surface area contributed by atoms with Crippen molar-refractivity contribution in [2.24, 2.45) is 0 Å². The second kappa shape index (κ2) is 10.5. The number of nitrogens with one attached hydrogen (secondary N) is 1. The summed E-state index contributed by atoms with van der Waals surface area (Å²) in [6.45, 7) is 1.02. The molecule has 1 amide bonds. The van der Waals surface area contributed by atoms with E-state index in [4.69, 9.17) is 6.42 Å². The molecule has 1 aliphatic rings. The maximum atomic E-state index is 13.4. The Morgan fingerprint density at radius 2 is 1.65 bits per heavy atom. The number of terminal acetylenes is 1. The van der Waals surface area contributed by atoms with Gasteiger partial charge in [-0.1, -0.05) is 17.7 Å². The zero-order valence-electron chi connectivity index (χ0n) is 16.5. The van der Waals surface area contributed by atoms with Gasteiger partial charge in [0.05, 0.1) is 11.4 Å². The Morgan fingerprint density at radius 1 is 1.13 bits per heavy atom. The molecule has 1 heterocycles. The number of sulfone groups is 1. The van der Waals surface area contributed by atoms with Crippen molar-refractivity contribution in [1.82, 2.24) is 10.4 Å². The molecule has 3 rings (SSSR count). The molecular weight excluding hydrogens is 463 g/mol. The van der Waals surface area contributed by atoms with Crippen LogP contribution in [0.2, 0.25) is 0 Å². The molecule has 2 aromatic rings. The zero-order valence-corrected chi connectivity index (χ0v) is 18.9. The van der Waals surface area contributed by atoms with Crippen molar-refractivity contribution in [1.29, 1.82) is 0 Å². The number of hydrogen-bond donors (Lipinski definition) is 2. The fourth-order valence-electron chi connectivity index (χ4n) is 3.47. The number of benzene rings is 2. The van der Waals surface area contributed by atoms with Crippen molar-refractivity contribution in [2.45, 2.75) is 32.3 Å². The average molecular weight is 485 g/mol. The number of hydroxylamine groups is 1. The van der Waals surface area contributed by atoms with E-state index in [9.17, 15) is 22.8 Å². The van der Waals surface area contributed by atoms with Crippen molar-refractivity contribution in [3.63, 3.8) is 0 Å². The maximum absolute atomic E-state index is 13.4. The first kappa shape index (κ1) is 25.2. The van der Waals surface area contributed by atoms with Crippen LogP contribution in [0, 0.1) is 18.2 Å². The molecule has 0 spiro atoms. The van der Waals surface area contributed by atoms with Crippen molar-refractivity contribution < 1.29 is 22.8 Å². The van der Waals surface area contributed by atoms with E-state index in [1.807, 2.05) is 4.90 Å². The molecule has 0 atom stereocenters. The van der Waals surface area contributed by atoms with Gasteiger partial charge in [-0.25, -0.2) is 18.3 Å². The van der Waals surface area contributed by atoms with E-state index in [1.165, 1.54) is 41.5 Å². The van der Waals surface area contributed by atoms with E-state index in [-0.39, 0.29) is 36.0 Å². The molecule has 1 aliphatic heterocycles. The van der Waals surface area contributed by atoms with Crippen LogP contribution in [0.25, 0.3) is 0 Å². The van der Waals surface area contributed by atoms with Crippen molar-refractivity contribution in [3.05, 3.63) is 54.3 Å². The number of carbonyl (C=O) groups is 1. The number of carbonyl (C=O) groups excluding carboxylic acids is 1. The number of rotatable bonds is 6. The van der Waals surface area contributed by atoms with Gasteiger partial charge < -0.3 is 0 Å². The number of amides is 1. The highest BCUT2D eigenvalue weighted by Crippen LogP contribution is 2.37. The Kier molecular flexibility index (Phi) is 8.51. The molecule has 10 heteroatoms. The summed E-state index contributed by atoms with van der Waals surface area (Å²) in [4.78, 5) is 15.9. The van der Waals surface area contributed by atoms with Crippen LogP contribution in [-0.2, 0) is 14.6 Å². The van der Waals surface area contributed by atoms with E-state index in [0.717, 1.165) is 9.79 Å². The Morgan fingerprint density at radius 3 is 2.13 bits per heavy atom. The molecule has 166 valence electrons. The van der Waals surface area contributed by atoms with E-state index in [0.29, 0.717) is 19.6 Å². The smallest absolute Gasteiger partial charge is 0.265 e. The summed E-state index contributed by atoms with van der Waals surface area (Å²) in [6.07, 6.45) is 5.36. The van der Waals surface area contributed by atoms with Crippen molar-refractivity contribution in [2.75, 3.05) is 19.6 Å². The third kappa shape index (κ3) is 5.22. The van der Waals surface area contributed by atoms with Crippen LogP contribution < -0.4 is 5.48 Å². The third-order valence-electron chi connectivity index (χ3n) is 5.19. The molecular formula is C21H22ClFN2O4S2. The van der Waals surface area contributed by atoms with Gasteiger partial charge in [0.25, 0.3) is 5.91 Å². The van der Waals surface area contributed by atoms with Crippen LogP contribution in [0.1, 0.15) is 12.8 Å². The lowest BCUT2D eigenvalue weighted by atomic mass is 9.95. The lowest BCUT2D eigenvalue weighted by Gasteiger charge is -2.38. The van der Waals surface area contributed by atoms with Crippen LogP contribution in [0.4, 0.5) is 4.39 Å². The second-order valence-corrected chi connectivity index (χ2v) is 10.4. The molecule has 0 bridgehead atoms. The Balaban J connectivity index is 0.00000341. The van der Waals surface area contributed by atoms with Gasteiger partial charge in [0.1, 0.15) is 5.82 Å². The first-order chi connectivity index (χ1) is 14.3. The maximum Gasteiger partial charge on any atom is 0.265 e. The first-order valence-corrected chi connectivity index (χ1v) is 11.5. The summed E-state index contributed by atoms with van der Waals surface area (Å²) in [5.41, 5.74) is 1.54. The lowest BCUT2D eigenvalue weighted by Crippen LogP contribution is -2.57. The molecule has 31 heavy (non-hydrogen) atoms. The molecule has 0 saturated carbocycles. The summed E-state index contributed by atoms with van der Waals surface area (Å²) in [5.74, 6) is 1.24. The summed E-state index contributed by atoms with van der Waals surface area (Å²) >= 11 is 1.36. The minimum absolute atomic E-state index is 0. The summed E-state index contributed by atoms with van der Waals surface area (Å²) in [5, 5.41) is 9.22. The van der Waals surface area contributed by atoms with Gasteiger partial charge in [-0.05, 0) is 61.4 Å². The molecule has 0 aromatic heterocycles. The highest BCUT2D eigenvalue weighted by atomic mass is 35.5. The normalized spacial score (nSPS) is 16.0. The highest BCUT2D eigenvalue weighted by Gasteiger charge is 2.52. The number of hydrogen-bond acceptors (Lipinski definition) is 6. The van der Waals surface area contributed by atoms with Gasteiger partial charge >= 0.3 is 0 Å². The Bertz CT molecular complexity index is 1050. The summed E-state index contributed by atoms with van der Waals surface area (Å²) in [6, 6.07) is 12.1. The van der Waals surface area contributed by atoms with Crippen LogP contribution in [0.3, 0.4) is 0 Å². The average Bonchev–Trinajstić information content (AvgIpc) is 2.76. The minimum atomic E-state index is -4.08.